The number of hydrogen-bond acceptors (Lipinski definition) is 6. The van der Waals surface area contributed by atoms with Crippen LogP contribution in [0, 0.1) is 6.92 Å². The van der Waals surface area contributed by atoms with Crippen molar-refractivity contribution in [2.45, 2.75) is 20.3 Å². The van der Waals surface area contributed by atoms with E-state index in [0.717, 1.165) is 4.31 Å². The first-order chi connectivity index (χ1) is 13.9. The van der Waals surface area contributed by atoms with Crippen LogP contribution in [0.1, 0.15) is 23.6 Å². The Balaban J connectivity index is 1.96. The number of aryl methyl sites for hydroxylation is 1. The Kier molecular flexibility index (Phi) is 5.89. The van der Waals surface area contributed by atoms with Crippen molar-refractivity contribution in [3.8, 4) is 5.75 Å². The zero-order valence-electron chi connectivity index (χ0n) is 16.1. The van der Waals surface area contributed by atoms with Gasteiger partial charge in [-0.05, 0) is 61.2 Å². The lowest BCUT2D eigenvalue weighted by atomic mass is 10.0. The number of amides is 1. The zero-order valence-corrected chi connectivity index (χ0v) is 18.5. The van der Waals surface area contributed by atoms with E-state index in [4.69, 9.17) is 11.6 Å². The molecule has 0 aliphatic carbocycles. The second kappa shape index (κ2) is 7.97. The van der Waals surface area contributed by atoms with E-state index < -0.39 is 32.7 Å². The van der Waals surface area contributed by atoms with Gasteiger partial charge in [0.15, 0.2) is 0 Å². The smallest absolute Gasteiger partial charge is 0.326 e. The fourth-order valence-corrected chi connectivity index (χ4v) is 5.30. The summed E-state index contributed by atoms with van der Waals surface area (Å²) in [7, 11) is -7.57. The molecule has 0 unspecified atom stereocenters. The van der Waals surface area contributed by atoms with Crippen LogP contribution in [0.3, 0.4) is 0 Å². The summed E-state index contributed by atoms with van der Waals surface area (Å²) in [5.41, 5.74) is 2.19. The van der Waals surface area contributed by atoms with Crippen LogP contribution >= 0.6 is 11.6 Å². The number of rotatable bonds is 6. The van der Waals surface area contributed by atoms with E-state index >= 15 is 0 Å². The van der Waals surface area contributed by atoms with Crippen LogP contribution in [0.15, 0.2) is 30.3 Å². The normalized spacial score (nSPS) is 15.8. The second-order valence-electron chi connectivity index (χ2n) is 6.80. The van der Waals surface area contributed by atoms with Gasteiger partial charge < -0.3 is 5.11 Å². The standard InChI is InChI=1S/C18H20ClN3O6S2/c1-3-29(25,26)21-18-11(2)6-14(19)9-13(18)7-12-4-5-15(16(23)8-12)22-10-17(24)20-30(22,27)28/h4-6,8-9,21,23H,3,7,10H2,1-2H3,(H,20,24). The summed E-state index contributed by atoms with van der Waals surface area (Å²) < 4.78 is 53.3. The van der Waals surface area contributed by atoms with Gasteiger partial charge in [-0.2, -0.15) is 8.42 Å². The summed E-state index contributed by atoms with van der Waals surface area (Å²) in [6, 6.07) is 7.60. The maximum Gasteiger partial charge on any atom is 0.326 e. The molecular weight excluding hydrogens is 454 g/mol. The summed E-state index contributed by atoms with van der Waals surface area (Å²) >= 11 is 6.14. The highest BCUT2D eigenvalue weighted by atomic mass is 35.5. The van der Waals surface area contributed by atoms with Crippen LogP contribution < -0.4 is 13.7 Å². The third-order valence-corrected chi connectivity index (χ3v) is 7.43. The topological polar surface area (TPSA) is 133 Å². The van der Waals surface area contributed by atoms with E-state index in [-0.39, 0.29) is 23.6 Å². The van der Waals surface area contributed by atoms with Crippen molar-refractivity contribution in [2.75, 3.05) is 21.3 Å². The molecule has 1 aliphatic rings. The summed E-state index contributed by atoms with van der Waals surface area (Å²) in [5.74, 6) is -1.12. The van der Waals surface area contributed by atoms with Crippen molar-refractivity contribution < 1.29 is 26.7 Å². The molecule has 0 atom stereocenters. The molecule has 2 aromatic carbocycles. The van der Waals surface area contributed by atoms with Crippen molar-refractivity contribution in [3.63, 3.8) is 0 Å². The molecule has 0 bridgehead atoms. The van der Waals surface area contributed by atoms with Crippen molar-refractivity contribution in [3.05, 3.63) is 52.0 Å². The number of hydrogen-bond donors (Lipinski definition) is 3. The van der Waals surface area contributed by atoms with Crippen molar-refractivity contribution in [2.24, 2.45) is 0 Å². The summed E-state index contributed by atoms with van der Waals surface area (Å²) in [6.07, 6.45) is 0.223. The van der Waals surface area contributed by atoms with Crippen LogP contribution in [0.2, 0.25) is 5.02 Å². The minimum absolute atomic E-state index is 0.0358. The van der Waals surface area contributed by atoms with E-state index in [2.05, 4.69) is 4.72 Å². The van der Waals surface area contributed by atoms with Crippen LogP contribution in [-0.4, -0.2) is 40.1 Å². The molecule has 0 saturated carbocycles. The molecule has 1 fully saturated rings. The average Bonchev–Trinajstić information content (AvgIpc) is 2.90. The van der Waals surface area contributed by atoms with Crippen LogP contribution in [0.5, 0.6) is 5.75 Å². The Labute approximate surface area is 179 Å². The number of halogens is 1. The lowest BCUT2D eigenvalue weighted by molar-refractivity contribution is -0.117. The molecule has 3 N–H and O–H groups in total. The molecule has 2 aromatic rings. The largest absolute Gasteiger partial charge is 0.506 e. The summed E-state index contributed by atoms with van der Waals surface area (Å²) in [6.45, 7) is 2.83. The van der Waals surface area contributed by atoms with Gasteiger partial charge in [-0.15, -0.1) is 0 Å². The number of anilines is 2. The Morgan fingerprint density at radius 2 is 1.97 bits per heavy atom. The maximum atomic E-state index is 12.1. The predicted octanol–water partition coefficient (Wildman–Crippen LogP) is 1.89. The third-order valence-electron chi connectivity index (χ3n) is 4.54. The number of benzene rings is 2. The average molecular weight is 474 g/mol. The molecule has 9 nitrogen and oxygen atoms in total. The molecule has 3 rings (SSSR count). The van der Waals surface area contributed by atoms with Gasteiger partial charge in [0.05, 0.1) is 17.1 Å². The molecular formula is C18H20ClN3O6S2. The van der Waals surface area contributed by atoms with Gasteiger partial charge in [-0.1, -0.05) is 17.7 Å². The maximum absolute atomic E-state index is 12.1. The number of carbonyl (C=O) groups is 1. The quantitative estimate of drug-likeness (QED) is 0.586. The van der Waals surface area contributed by atoms with Crippen molar-refractivity contribution in [1.29, 1.82) is 0 Å². The molecule has 162 valence electrons. The van der Waals surface area contributed by atoms with Crippen molar-refractivity contribution >= 4 is 49.1 Å². The molecule has 1 aliphatic heterocycles. The van der Waals surface area contributed by atoms with Crippen LogP contribution in [0.4, 0.5) is 11.4 Å². The molecule has 0 aromatic heterocycles. The Hall–Kier alpha value is -2.50. The van der Waals surface area contributed by atoms with Gasteiger partial charge in [0.2, 0.25) is 10.0 Å². The van der Waals surface area contributed by atoms with Gasteiger partial charge in [-0.25, -0.2) is 17.4 Å². The molecule has 1 amide bonds. The number of sulfonamides is 1. The van der Waals surface area contributed by atoms with Gasteiger partial charge in [-0.3, -0.25) is 9.52 Å². The lowest BCUT2D eigenvalue weighted by Crippen LogP contribution is -2.29. The number of aromatic hydroxyl groups is 1. The van der Waals surface area contributed by atoms with Crippen LogP contribution in [0.25, 0.3) is 0 Å². The SMILES string of the molecule is CCS(=O)(=O)Nc1c(C)cc(Cl)cc1Cc1ccc(N2CC(=O)NS2(=O)=O)c(O)c1. The first-order valence-electron chi connectivity index (χ1n) is 8.86. The summed E-state index contributed by atoms with van der Waals surface area (Å²) in [4.78, 5) is 11.4. The van der Waals surface area contributed by atoms with Gasteiger partial charge in [0, 0.05) is 5.02 Å². The molecule has 1 heterocycles. The Morgan fingerprint density at radius 1 is 1.27 bits per heavy atom. The lowest BCUT2D eigenvalue weighted by Gasteiger charge is -2.18. The van der Waals surface area contributed by atoms with E-state index in [1.807, 2.05) is 4.72 Å². The molecule has 30 heavy (non-hydrogen) atoms. The minimum atomic E-state index is -4.05. The molecule has 0 radical (unpaired) electrons. The zero-order chi connectivity index (χ0) is 22.3. The monoisotopic (exact) mass is 473 g/mol. The second-order valence-corrected chi connectivity index (χ2v) is 10.8. The Bertz CT molecular complexity index is 1230. The summed E-state index contributed by atoms with van der Waals surface area (Å²) in [5, 5.41) is 10.8. The predicted molar refractivity (Wildman–Crippen MR) is 115 cm³/mol. The molecule has 0 spiro atoms. The van der Waals surface area contributed by atoms with E-state index in [9.17, 15) is 26.7 Å². The van der Waals surface area contributed by atoms with Crippen LogP contribution in [-0.2, 0) is 31.4 Å². The third kappa shape index (κ3) is 4.63. The Morgan fingerprint density at radius 3 is 2.53 bits per heavy atom. The van der Waals surface area contributed by atoms with Gasteiger partial charge in [0.25, 0.3) is 5.91 Å². The fourth-order valence-electron chi connectivity index (χ4n) is 3.10. The fraction of sp³-hybridized carbons (Fsp3) is 0.278. The number of nitrogens with zero attached hydrogens (tertiary/aromatic N) is 1. The first kappa shape index (κ1) is 22.2. The molecule has 1 saturated heterocycles. The molecule has 12 heteroatoms. The van der Waals surface area contributed by atoms with E-state index in [1.165, 1.54) is 19.1 Å². The van der Waals surface area contributed by atoms with Gasteiger partial charge >= 0.3 is 10.2 Å². The number of phenolic OH excluding ortho intramolecular Hbond substituents is 1. The van der Waals surface area contributed by atoms with E-state index in [1.54, 1.807) is 25.1 Å². The highest BCUT2D eigenvalue weighted by Crippen LogP contribution is 2.34. The van der Waals surface area contributed by atoms with Gasteiger partial charge in [0.1, 0.15) is 12.3 Å². The number of carbonyl (C=O) groups excluding carboxylic acids is 1. The number of phenols is 1. The highest BCUT2D eigenvalue weighted by Gasteiger charge is 2.35. The minimum Gasteiger partial charge on any atom is -0.506 e. The first-order valence-corrected chi connectivity index (χ1v) is 12.3. The van der Waals surface area contributed by atoms with E-state index in [0.29, 0.717) is 27.4 Å². The highest BCUT2D eigenvalue weighted by molar-refractivity contribution is 7.92. The van der Waals surface area contributed by atoms with Crippen molar-refractivity contribution in [1.82, 2.24) is 4.72 Å². The number of nitrogens with one attached hydrogen (secondary N) is 2.